The van der Waals surface area contributed by atoms with Gasteiger partial charge in [0.2, 0.25) is 0 Å². The highest BCUT2D eigenvalue weighted by Crippen LogP contribution is 2.22. The van der Waals surface area contributed by atoms with Crippen molar-refractivity contribution in [2.45, 2.75) is 25.8 Å². The van der Waals surface area contributed by atoms with Crippen molar-refractivity contribution in [2.75, 3.05) is 32.8 Å². The van der Waals surface area contributed by atoms with Crippen LogP contribution in [0.25, 0.3) is 5.57 Å². The van der Waals surface area contributed by atoms with Crippen LogP contribution in [0.2, 0.25) is 0 Å². The number of piperazine rings is 1. The van der Waals surface area contributed by atoms with E-state index >= 15 is 0 Å². The van der Waals surface area contributed by atoms with Gasteiger partial charge in [0, 0.05) is 31.2 Å². The van der Waals surface area contributed by atoms with Crippen LogP contribution in [0.15, 0.2) is 30.3 Å². The Bertz CT molecular complexity index is 703. The summed E-state index contributed by atoms with van der Waals surface area (Å²) < 4.78 is 30.4. The third-order valence-electron chi connectivity index (χ3n) is 4.85. The van der Waals surface area contributed by atoms with E-state index in [1.165, 1.54) is 5.57 Å². The predicted octanol–water partition coefficient (Wildman–Crippen LogP) is 2.43. The second-order valence-corrected chi connectivity index (χ2v) is 6.56. The molecule has 140 valence electrons. The lowest BCUT2D eigenvalue weighted by Crippen LogP contribution is -2.56. The lowest BCUT2D eigenvalue weighted by molar-refractivity contribution is -0.145. The van der Waals surface area contributed by atoms with E-state index in [0.717, 1.165) is 16.9 Å². The minimum absolute atomic E-state index is 0.125. The Balaban J connectivity index is 1.66. The summed E-state index contributed by atoms with van der Waals surface area (Å²) in [6, 6.07) is 7.11. The first-order valence-electron chi connectivity index (χ1n) is 8.72. The van der Waals surface area contributed by atoms with E-state index in [1.807, 2.05) is 18.2 Å². The van der Waals surface area contributed by atoms with Crippen LogP contribution in [0, 0.1) is 0 Å². The fourth-order valence-corrected chi connectivity index (χ4v) is 3.38. The molecular weight excluding hydrogens is 342 g/mol. The smallest absolute Gasteiger partial charge is 0.315 e. The molecule has 26 heavy (non-hydrogen) atoms. The monoisotopic (exact) mass is 364 g/mol. The number of amides is 2. The molecule has 0 radical (unpaired) electrons. The minimum atomic E-state index is -3.00. The van der Waals surface area contributed by atoms with E-state index in [9.17, 15) is 18.4 Å². The molecule has 1 fully saturated rings. The fraction of sp³-hybridized carbons (Fsp3) is 0.474. The fourth-order valence-electron chi connectivity index (χ4n) is 3.38. The Kier molecular flexibility index (Phi) is 5.66. The summed E-state index contributed by atoms with van der Waals surface area (Å²) in [5, 5.41) is 0. The molecule has 2 aliphatic heterocycles. The maximum Gasteiger partial charge on any atom is 0.315 e. The van der Waals surface area contributed by atoms with Gasteiger partial charge in [-0.05, 0) is 36.6 Å². The Labute approximate surface area is 151 Å². The molecular formula is C19H22F2N2O3. The first-order valence-corrected chi connectivity index (χ1v) is 8.72. The predicted molar refractivity (Wildman–Crippen MR) is 92.9 cm³/mol. The number of ether oxygens (including phenoxy) is 1. The molecule has 0 aromatic heterocycles. The van der Waals surface area contributed by atoms with Crippen LogP contribution >= 0.6 is 0 Å². The summed E-state index contributed by atoms with van der Waals surface area (Å²) in [7, 11) is 0. The topological polar surface area (TPSA) is 49.9 Å². The molecule has 7 heteroatoms. The van der Waals surface area contributed by atoms with Crippen molar-refractivity contribution in [1.29, 1.82) is 0 Å². The SMILES string of the molecule is C[C@H]1CN(C(=O)C(F)F)CCN1C(=O)c1ccc(C2=CCOCC2)cc1. The van der Waals surface area contributed by atoms with Gasteiger partial charge in [0.05, 0.1) is 13.2 Å². The number of alkyl halides is 2. The van der Waals surface area contributed by atoms with Gasteiger partial charge in [-0.1, -0.05) is 18.2 Å². The highest BCUT2D eigenvalue weighted by molar-refractivity contribution is 5.95. The van der Waals surface area contributed by atoms with Gasteiger partial charge < -0.3 is 14.5 Å². The second-order valence-electron chi connectivity index (χ2n) is 6.56. The number of halogens is 2. The molecule has 1 aromatic carbocycles. The summed E-state index contributed by atoms with van der Waals surface area (Å²) in [5.74, 6) is -1.31. The zero-order valence-corrected chi connectivity index (χ0v) is 14.7. The van der Waals surface area contributed by atoms with Crippen LogP contribution in [-0.2, 0) is 9.53 Å². The average molecular weight is 364 g/mol. The Hall–Kier alpha value is -2.28. The van der Waals surface area contributed by atoms with Gasteiger partial charge in [0.25, 0.3) is 11.8 Å². The van der Waals surface area contributed by atoms with E-state index in [2.05, 4.69) is 0 Å². The molecule has 0 spiro atoms. The number of hydrogen-bond acceptors (Lipinski definition) is 3. The second kappa shape index (κ2) is 7.95. The number of carbonyl (C=O) groups is 2. The standard InChI is InChI=1S/C19H22F2N2O3/c1-13-12-22(19(25)17(20)21)8-9-23(13)18(24)16-4-2-14(3-5-16)15-6-10-26-11-7-15/h2-6,13,17H,7-12H2,1H3/t13-/m0/s1. The van der Waals surface area contributed by atoms with Crippen molar-refractivity contribution < 1.29 is 23.1 Å². The van der Waals surface area contributed by atoms with E-state index in [0.29, 0.717) is 18.8 Å². The Morgan fingerprint density at radius 1 is 1.19 bits per heavy atom. The molecule has 3 rings (SSSR count). The van der Waals surface area contributed by atoms with Crippen molar-refractivity contribution in [1.82, 2.24) is 9.80 Å². The normalized spacial score (nSPS) is 20.9. The number of benzene rings is 1. The Morgan fingerprint density at radius 2 is 1.92 bits per heavy atom. The average Bonchev–Trinajstić information content (AvgIpc) is 2.67. The molecule has 1 saturated heterocycles. The van der Waals surface area contributed by atoms with E-state index in [1.54, 1.807) is 24.0 Å². The van der Waals surface area contributed by atoms with Gasteiger partial charge in [-0.3, -0.25) is 9.59 Å². The zero-order valence-electron chi connectivity index (χ0n) is 14.7. The number of nitrogens with zero attached hydrogens (tertiary/aromatic N) is 2. The van der Waals surface area contributed by atoms with Crippen LogP contribution in [0.1, 0.15) is 29.3 Å². The third kappa shape index (κ3) is 3.93. The summed E-state index contributed by atoms with van der Waals surface area (Å²) >= 11 is 0. The molecule has 0 aliphatic carbocycles. The minimum Gasteiger partial charge on any atom is -0.377 e. The molecule has 1 aromatic rings. The van der Waals surface area contributed by atoms with Crippen LogP contribution < -0.4 is 0 Å². The highest BCUT2D eigenvalue weighted by atomic mass is 19.3. The maximum absolute atomic E-state index is 12.7. The van der Waals surface area contributed by atoms with E-state index in [4.69, 9.17) is 4.74 Å². The van der Waals surface area contributed by atoms with Crippen molar-refractivity contribution in [2.24, 2.45) is 0 Å². The first kappa shape index (κ1) is 18.5. The quantitative estimate of drug-likeness (QED) is 0.828. The molecule has 2 amide bonds. The molecule has 1 atom stereocenters. The van der Waals surface area contributed by atoms with Crippen molar-refractivity contribution in [3.63, 3.8) is 0 Å². The van der Waals surface area contributed by atoms with Crippen LogP contribution in [0.5, 0.6) is 0 Å². The van der Waals surface area contributed by atoms with Gasteiger partial charge in [-0.15, -0.1) is 0 Å². The van der Waals surface area contributed by atoms with Gasteiger partial charge in [-0.2, -0.15) is 8.78 Å². The third-order valence-corrected chi connectivity index (χ3v) is 4.85. The van der Waals surface area contributed by atoms with Crippen LogP contribution in [0.3, 0.4) is 0 Å². The van der Waals surface area contributed by atoms with Crippen molar-refractivity contribution in [3.05, 3.63) is 41.5 Å². The molecule has 0 saturated carbocycles. The van der Waals surface area contributed by atoms with E-state index < -0.39 is 12.3 Å². The molecule has 2 aliphatic rings. The lowest BCUT2D eigenvalue weighted by atomic mass is 9.99. The zero-order chi connectivity index (χ0) is 18.7. The van der Waals surface area contributed by atoms with Crippen molar-refractivity contribution in [3.8, 4) is 0 Å². The van der Waals surface area contributed by atoms with Gasteiger partial charge in [-0.25, -0.2) is 0 Å². The first-order chi connectivity index (χ1) is 12.5. The number of rotatable bonds is 3. The van der Waals surface area contributed by atoms with Gasteiger partial charge in [0.15, 0.2) is 0 Å². The van der Waals surface area contributed by atoms with E-state index in [-0.39, 0.29) is 31.6 Å². The maximum atomic E-state index is 12.7. The number of hydrogen-bond donors (Lipinski definition) is 0. The number of carbonyl (C=O) groups excluding carboxylic acids is 2. The Morgan fingerprint density at radius 3 is 2.50 bits per heavy atom. The lowest BCUT2D eigenvalue weighted by Gasteiger charge is -2.39. The summed E-state index contributed by atoms with van der Waals surface area (Å²) in [4.78, 5) is 26.9. The summed E-state index contributed by atoms with van der Waals surface area (Å²) in [6.07, 6.45) is -0.108. The van der Waals surface area contributed by atoms with Gasteiger partial charge >= 0.3 is 6.43 Å². The molecule has 5 nitrogen and oxygen atoms in total. The summed E-state index contributed by atoms with van der Waals surface area (Å²) in [6.45, 7) is 3.58. The highest BCUT2D eigenvalue weighted by Gasteiger charge is 2.33. The molecule has 0 unspecified atom stereocenters. The van der Waals surface area contributed by atoms with Crippen LogP contribution in [0.4, 0.5) is 8.78 Å². The largest absolute Gasteiger partial charge is 0.377 e. The molecule has 0 N–H and O–H groups in total. The molecule has 2 heterocycles. The van der Waals surface area contributed by atoms with Gasteiger partial charge in [0.1, 0.15) is 0 Å². The summed E-state index contributed by atoms with van der Waals surface area (Å²) in [5.41, 5.74) is 2.84. The molecule has 0 bridgehead atoms. The van der Waals surface area contributed by atoms with Crippen molar-refractivity contribution >= 4 is 17.4 Å². The van der Waals surface area contributed by atoms with Crippen LogP contribution in [-0.4, -0.2) is 66.9 Å².